The highest BCUT2D eigenvalue weighted by Gasteiger charge is 2.16. The van der Waals surface area contributed by atoms with E-state index in [2.05, 4.69) is 21.9 Å². The average molecular weight is 379 g/mol. The Bertz CT molecular complexity index is 638. The second-order valence-electron chi connectivity index (χ2n) is 6.31. The molecule has 1 aliphatic heterocycles. The van der Waals surface area contributed by atoms with Crippen LogP contribution in [-0.4, -0.2) is 44.2 Å². The summed E-state index contributed by atoms with van der Waals surface area (Å²) in [7, 11) is 0. The Labute approximate surface area is 160 Å². The van der Waals surface area contributed by atoms with Gasteiger partial charge in [-0.05, 0) is 67.9 Å². The number of anilines is 1. The van der Waals surface area contributed by atoms with Crippen molar-refractivity contribution in [3.8, 4) is 5.75 Å². The van der Waals surface area contributed by atoms with Crippen molar-refractivity contribution in [2.24, 2.45) is 0 Å². The summed E-state index contributed by atoms with van der Waals surface area (Å²) >= 11 is 11.8. The molecule has 3 nitrogen and oxygen atoms in total. The van der Waals surface area contributed by atoms with Gasteiger partial charge in [0.2, 0.25) is 0 Å². The predicted molar refractivity (Wildman–Crippen MR) is 106 cm³/mol. The third kappa shape index (κ3) is 5.81. The molecule has 1 saturated heterocycles. The molecule has 0 amide bonds. The van der Waals surface area contributed by atoms with Crippen molar-refractivity contribution in [1.29, 1.82) is 0 Å². The molecule has 2 aromatic carbocycles. The van der Waals surface area contributed by atoms with Gasteiger partial charge in [0.15, 0.2) is 0 Å². The first kappa shape index (κ1) is 18.4. The Morgan fingerprint density at radius 1 is 0.760 bits per heavy atom. The lowest BCUT2D eigenvalue weighted by Crippen LogP contribution is -2.46. The number of hydrogen-bond donors (Lipinski definition) is 0. The third-order valence-electron chi connectivity index (χ3n) is 4.52. The summed E-state index contributed by atoms with van der Waals surface area (Å²) in [5, 5.41) is 1.54. The minimum atomic E-state index is 0.741. The van der Waals surface area contributed by atoms with E-state index in [1.54, 1.807) is 0 Å². The fraction of sp³-hybridized carbons (Fsp3) is 0.400. The van der Waals surface area contributed by atoms with Crippen LogP contribution in [0.25, 0.3) is 0 Å². The molecule has 2 aromatic rings. The van der Waals surface area contributed by atoms with Crippen LogP contribution in [0.5, 0.6) is 5.75 Å². The zero-order valence-corrected chi connectivity index (χ0v) is 15.8. The third-order valence-corrected chi connectivity index (χ3v) is 5.02. The van der Waals surface area contributed by atoms with Crippen molar-refractivity contribution in [1.82, 2.24) is 4.90 Å². The van der Waals surface area contributed by atoms with Crippen molar-refractivity contribution >= 4 is 28.9 Å². The van der Waals surface area contributed by atoms with Gasteiger partial charge >= 0.3 is 0 Å². The topological polar surface area (TPSA) is 15.7 Å². The van der Waals surface area contributed by atoms with Gasteiger partial charge in [-0.1, -0.05) is 23.2 Å². The smallest absolute Gasteiger partial charge is 0.119 e. The van der Waals surface area contributed by atoms with Gasteiger partial charge in [-0.25, -0.2) is 0 Å². The van der Waals surface area contributed by atoms with Gasteiger partial charge < -0.3 is 9.64 Å². The Balaban J connectivity index is 1.30. The minimum absolute atomic E-state index is 0.741. The Kier molecular flexibility index (Phi) is 6.85. The van der Waals surface area contributed by atoms with E-state index < -0.39 is 0 Å². The maximum absolute atomic E-state index is 5.96. The van der Waals surface area contributed by atoms with Gasteiger partial charge in [-0.3, -0.25) is 4.90 Å². The molecular weight excluding hydrogens is 355 g/mol. The lowest BCUT2D eigenvalue weighted by molar-refractivity contribution is 0.238. The number of hydrogen-bond acceptors (Lipinski definition) is 3. The van der Waals surface area contributed by atoms with Crippen LogP contribution in [0.1, 0.15) is 12.8 Å². The first-order valence-electron chi connectivity index (χ1n) is 8.82. The number of ether oxygens (including phenoxy) is 1. The number of rotatable bonds is 7. The molecular formula is C20H24Cl2N2O. The molecule has 0 aromatic heterocycles. The summed E-state index contributed by atoms with van der Waals surface area (Å²) in [5.41, 5.74) is 1.26. The second-order valence-corrected chi connectivity index (χ2v) is 7.19. The van der Waals surface area contributed by atoms with Gasteiger partial charge in [0.05, 0.1) is 6.61 Å². The molecule has 0 aliphatic carbocycles. The first-order valence-corrected chi connectivity index (χ1v) is 9.57. The molecule has 0 radical (unpaired) electrons. The molecule has 0 saturated carbocycles. The zero-order valence-electron chi connectivity index (χ0n) is 14.3. The van der Waals surface area contributed by atoms with Crippen molar-refractivity contribution in [3.63, 3.8) is 0 Å². The van der Waals surface area contributed by atoms with Gasteiger partial charge in [0.1, 0.15) is 5.75 Å². The van der Waals surface area contributed by atoms with E-state index in [4.69, 9.17) is 27.9 Å². The van der Waals surface area contributed by atoms with E-state index in [-0.39, 0.29) is 0 Å². The monoisotopic (exact) mass is 378 g/mol. The average Bonchev–Trinajstić information content (AvgIpc) is 2.64. The highest BCUT2D eigenvalue weighted by atomic mass is 35.5. The predicted octanol–water partition coefficient (Wildman–Crippen LogP) is 4.97. The van der Waals surface area contributed by atoms with Crippen molar-refractivity contribution in [2.75, 3.05) is 44.2 Å². The van der Waals surface area contributed by atoms with Gasteiger partial charge in [0, 0.05) is 41.9 Å². The van der Waals surface area contributed by atoms with E-state index in [0.29, 0.717) is 0 Å². The largest absolute Gasteiger partial charge is 0.494 e. The summed E-state index contributed by atoms with van der Waals surface area (Å²) < 4.78 is 5.74. The lowest BCUT2D eigenvalue weighted by atomic mass is 10.2. The van der Waals surface area contributed by atoms with Crippen molar-refractivity contribution in [3.05, 3.63) is 58.6 Å². The first-order chi connectivity index (χ1) is 12.2. The van der Waals surface area contributed by atoms with Crippen molar-refractivity contribution < 1.29 is 4.74 Å². The summed E-state index contributed by atoms with van der Waals surface area (Å²) in [6.07, 6.45) is 2.23. The maximum atomic E-state index is 5.96. The molecule has 1 aliphatic rings. The molecule has 25 heavy (non-hydrogen) atoms. The van der Waals surface area contributed by atoms with Crippen LogP contribution in [0.2, 0.25) is 10.0 Å². The fourth-order valence-corrected chi connectivity index (χ4v) is 3.29. The van der Waals surface area contributed by atoms with Gasteiger partial charge in [-0.15, -0.1) is 0 Å². The molecule has 0 N–H and O–H groups in total. The molecule has 1 heterocycles. The Morgan fingerprint density at radius 2 is 1.36 bits per heavy atom. The van der Waals surface area contributed by atoms with Crippen LogP contribution in [-0.2, 0) is 0 Å². The molecule has 0 bridgehead atoms. The van der Waals surface area contributed by atoms with Crippen LogP contribution < -0.4 is 9.64 Å². The van der Waals surface area contributed by atoms with Crippen LogP contribution in [0.3, 0.4) is 0 Å². The summed E-state index contributed by atoms with van der Waals surface area (Å²) in [6.45, 7) is 6.26. The number of halogens is 2. The van der Waals surface area contributed by atoms with Crippen molar-refractivity contribution in [2.45, 2.75) is 12.8 Å². The molecule has 1 fully saturated rings. The highest BCUT2D eigenvalue weighted by molar-refractivity contribution is 6.30. The van der Waals surface area contributed by atoms with E-state index in [0.717, 1.165) is 68.0 Å². The Morgan fingerprint density at radius 3 is 2.00 bits per heavy atom. The summed E-state index contributed by atoms with van der Waals surface area (Å²) in [5.74, 6) is 0.890. The molecule has 0 spiro atoms. The summed E-state index contributed by atoms with van der Waals surface area (Å²) in [4.78, 5) is 4.96. The van der Waals surface area contributed by atoms with Crippen LogP contribution in [0.15, 0.2) is 48.5 Å². The van der Waals surface area contributed by atoms with Crippen LogP contribution in [0.4, 0.5) is 5.69 Å². The minimum Gasteiger partial charge on any atom is -0.494 e. The summed E-state index contributed by atoms with van der Waals surface area (Å²) in [6, 6.07) is 15.7. The lowest BCUT2D eigenvalue weighted by Gasteiger charge is -2.36. The fourth-order valence-electron chi connectivity index (χ4n) is 3.04. The number of piperazine rings is 1. The standard InChI is InChI=1S/C20H24Cl2N2O/c21-17-3-7-19(8-4-17)24-14-12-23(13-15-24)11-1-2-16-25-20-9-5-18(22)6-10-20/h3-10H,1-2,11-16H2. The van der Waals surface area contributed by atoms with Crippen LogP contribution >= 0.6 is 23.2 Å². The van der Waals surface area contributed by atoms with E-state index >= 15 is 0 Å². The SMILES string of the molecule is Clc1ccc(OCCCCN2CCN(c3ccc(Cl)cc3)CC2)cc1. The van der Waals surface area contributed by atoms with Gasteiger partial charge in [-0.2, -0.15) is 0 Å². The molecule has 134 valence electrons. The molecule has 5 heteroatoms. The van der Waals surface area contributed by atoms with Crippen LogP contribution in [0, 0.1) is 0 Å². The Hall–Kier alpha value is -1.42. The second kappa shape index (κ2) is 9.33. The normalized spacial score (nSPS) is 15.4. The number of nitrogens with zero attached hydrogens (tertiary/aromatic N) is 2. The quantitative estimate of drug-likeness (QED) is 0.632. The van der Waals surface area contributed by atoms with E-state index in [9.17, 15) is 0 Å². The van der Waals surface area contributed by atoms with Gasteiger partial charge in [0.25, 0.3) is 0 Å². The molecule has 0 unspecified atom stereocenters. The maximum Gasteiger partial charge on any atom is 0.119 e. The zero-order chi connectivity index (χ0) is 17.5. The van der Waals surface area contributed by atoms with E-state index in [1.807, 2.05) is 36.4 Å². The van der Waals surface area contributed by atoms with E-state index in [1.165, 1.54) is 5.69 Å². The number of benzene rings is 2. The molecule has 3 rings (SSSR count). The highest BCUT2D eigenvalue weighted by Crippen LogP contribution is 2.19. The molecule has 0 atom stereocenters. The number of unbranched alkanes of at least 4 members (excludes halogenated alkanes) is 1.